The van der Waals surface area contributed by atoms with E-state index in [4.69, 9.17) is 4.74 Å². The van der Waals surface area contributed by atoms with Gasteiger partial charge in [0, 0.05) is 6.04 Å². The van der Waals surface area contributed by atoms with Gasteiger partial charge in [0.25, 0.3) is 5.19 Å². The molecule has 0 amide bonds. The van der Waals surface area contributed by atoms with E-state index in [0.717, 1.165) is 11.6 Å². The Labute approximate surface area is 88.7 Å². The summed E-state index contributed by atoms with van der Waals surface area (Å²) < 4.78 is 5.42. The molecule has 0 aliphatic heterocycles. The minimum absolute atomic E-state index is 0.161. The van der Waals surface area contributed by atoms with Gasteiger partial charge in [0.15, 0.2) is 0 Å². The Morgan fingerprint density at radius 1 is 1.29 bits per heavy atom. The number of nitrogens with zero attached hydrogens (tertiary/aromatic N) is 2. The highest BCUT2D eigenvalue weighted by Gasteiger charge is 2.06. The van der Waals surface area contributed by atoms with E-state index >= 15 is 0 Å². The zero-order chi connectivity index (χ0) is 10.6. The first-order chi connectivity index (χ1) is 6.58. The quantitative estimate of drug-likeness (QED) is 0.814. The molecule has 14 heavy (non-hydrogen) atoms. The van der Waals surface area contributed by atoms with E-state index in [9.17, 15) is 0 Å². The van der Waals surface area contributed by atoms with E-state index in [2.05, 4.69) is 29.4 Å². The molecule has 4 nitrogen and oxygen atoms in total. The van der Waals surface area contributed by atoms with E-state index in [1.807, 2.05) is 13.8 Å². The van der Waals surface area contributed by atoms with E-state index in [1.165, 1.54) is 11.3 Å². The lowest BCUT2D eigenvalue weighted by atomic mass is 10.4. The van der Waals surface area contributed by atoms with Crippen LogP contribution >= 0.6 is 11.3 Å². The molecule has 5 heteroatoms. The average molecular weight is 215 g/mol. The largest absolute Gasteiger partial charge is 0.466 e. The molecule has 0 bridgehead atoms. The molecule has 0 aliphatic carbocycles. The van der Waals surface area contributed by atoms with Crippen LogP contribution in [0.15, 0.2) is 0 Å². The van der Waals surface area contributed by atoms with Gasteiger partial charge < -0.3 is 10.1 Å². The van der Waals surface area contributed by atoms with E-state index in [1.54, 1.807) is 0 Å². The molecule has 80 valence electrons. The van der Waals surface area contributed by atoms with Crippen LogP contribution in [0.25, 0.3) is 0 Å². The predicted octanol–water partition coefficient (Wildman–Crippen LogP) is 1.82. The molecule has 1 aromatic rings. The Hall–Kier alpha value is -0.680. The molecular weight excluding hydrogens is 198 g/mol. The van der Waals surface area contributed by atoms with Gasteiger partial charge in [-0.2, -0.15) is 0 Å². The molecule has 0 spiro atoms. The molecule has 0 aliphatic rings. The summed E-state index contributed by atoms with van der Waals surface area (Å²) in [5.74, 6) is 0. The summed E-state index contributed by atoms with van der Waals surface area (Å²) in [5.41, 5.74) is 0. The van der Waals surface area contributed by atoms with Crippen molar-refractivity contribution in [2.24, 2.45) is 0 Å². The monoisotopic (exact) mass is 215 g/mol. The van der Waals surface area contributed by atoms with Crippen LogP contribution in [0.4, 0.5) is 0 Å². The molecule has 0 saturated carbocycles. The Kier molecular flexibility index (Phi) is 4.28. The molecule has 0 aromatic carbocycles. The van der Waals surface area contributed by atoms with Crippen molar-refractivity contribution < 1.29 is 4.74 Å². The highest BCUT2D eigenvalue weighted by molar-refractivity contribution is 7.13. The maximum atomic E-state index is 5.42. The smallest absolute Gasteiger partial charge is 0.294 e. The summed E-state index contributed by atoms with van der Waals surface area (Å²) in [6, 6.07) is 0.466. The maximum Gasteiger partial charge on any atom is 0.294 e. The van der Waals surface area contributed by atoms with Crippen LogP contribution in [0.3, 0.4) is 0 Å². The first kappa shape index (κ1) is 11.4. The minimum atomic E-state index is 0.161. The van der Waals surface area contributed by atoms with Crippen LogP contribution < -0.4 is 10.1 Å². The third kappa shape index (κ3) is 4.02. The topological polar surface area (TPSA) is 47.0 Å². The van der Waals surface area contributed by atoms with Crippen LogP contribution in [-0.2, 0) is 6.54 Å². The zero-order valence-corrected chi connectivity index (χ0v) is 9.89. The van der Waals surface area contributed by atoms with E-state index in [-0.39, 0.29) is 6.10 Å². The lowest BCUT2D eigenvalue weighted by molar-refractivity contribution is 0.239. The fraction of sp³-hybridized carbons (Fsp3) is 0.778. The summed E-state index contributed by atoms with van der Waals surface area (Å²) >= 11 is 1.50. The van der Waals surface area contributed by atoms with Crippen LogP contribution in [-0.4, -0.2) is 22.3 Å². The van der Waals surface area contributed by atoms with E-state index in [0.29, 0.717) is 11.2 Å². The molecule has 0 saturated heterocycles. The normalized spacial score (nSPS) is 11.3. The third-order valence-corrected chi connectivity index (χ3v) is 2.26. The summed E-state index contributed by atoms with van der Waals surface area (Å²) in [5, 5.41) is 12.9. The van der Waals surface area contributed by atoms with Crippen LogP contribution in [0.2, 0.25) is 0 Å². The Bertz CT molecular complexity index is 273. The first-order valence-electron chi connectivity index (χ1n) is 4.80. The highest BCUT2D eigenvalue weighted by atomic mass is 32.1. The summed E-state index contributed by atoms with van der Waals surface area (Å²) in [7, 11) is 0. The fourth-order valence-electron chi connectivity index (χ4n) is 0.850. The second-order valence-corrected chi connectivity index (χ2v) is 4.69. The number of hydrogen-bond donors (Lipinski definition) is 1. The molecule has 1 N–H and O–H groups in total. The van der Waals surface area contributed by atoms with Crippen molar-refractivity contribution in [1.29, 1.82) is 0 Å². The van der Waals surface area contributed by atoms with Crippen LogP contribution in [0.1, 0.15) is 32.7 Å². The summed E-state index contributed by atoms with van der Waals surface area (Å²) in [6.07, 6.45) is 0.161. The molecule has 1 aromatic heterocycles. The van der Waals surface area contributed by atoms with Crippen molar-refractivity contribution in [1.82, 2.24) is 15.5 Å². The Morgan fingerprint density at radius 3 is 2.57 bits per heavy atom. The lowest BCUT2D eigenvalue weighted by Crippen LogP contribution is -2.21. The summed E-state index contributed by atoms with van der Waals surface area (Å²) in [6.45, 7) is 8.93. The standard InChI is InChI=1S/C9H17N3OS/c1-6(2)10-5-8-11-12-9(14-8)13-7(3)4/h6-7,10H,5H2,1-4H3. The predicted molar refractivity (Wildman–Crippen MR) is 57.6 cm³/mol. The lowest BCUT2D eigenvalue weighted by Gasteiger charge is -2.04. The van der Waals surface area contributed by atoms with Crippen molar-refractivity contribution >= 4 is 11.3 Å². The number of aromatic nitrogens is 2. The number of ether oxygens (including phenoxy) is 1. The van der Waals surface area contributed by atoms with Gasteiger partial charge in [-0.05, 0) is 13.8 Å². The SMILES string of the molecule is CC(C)NCc1nnc(OC(C)C)s1. The van der Waals surface area contributed by atoms with Gasteiger partial charge in [-0.1, -0.05) is 30.3 Å². The average Bonchev–Trinajstić information content (AvgIpc) is 2.47. The highest BCUT2D eigenvalue weighted by Crippen LogP contribution is 2.18. The number of hydrogen-bond acceptors (Lipinski definition) is 5. The van der Waals surface area contributed by atoms with Crippen molar-refractivity contribution in [3.05, 3.63) is 5.01 Å². The second-order valence-electron chi connectivity index (χ2n) is 3.66. The van der Waals surface area contributed by atoms with Gasteiger partial charge in [0.1, 0.15) is 5.01 Å². The molecule has 1 heterocycles. The third-order valence-electron chi connectivity index (χ3n) is 1.45. The Balaban J connectivity index is 2.42. The van der Waals surface area contributed by atoms with Gasteiger partial charge in [-0.25, -0.2) is 0 Å². The van der Waals surface area contributed by atoms with Gasteiger partial charge >= 0.3 is 0 Å². The molecule has 0 fully saturated rings. The van der Waals surface area contributed by atoms with E-state index < -0.39 is 0 Å². The van der Waals surface area contributed by atoms with Gasteiger partial charge in [-0.3, -0.25) is 0 Å². The summed E-state index contributed by atoms with van der Waals surface area (Å²) in [4.78, 5) is 0. The molecule has 0 unspecified atom stereocenters. The second kappa shape index (κ2) is 5.26. The fourth-order valence-corrected chi connectivity index (χ4v) is 1.61. The molecular formula is C9H17N3OS. The number of rotatable bonds is 5. The maximum absolute atomic E-state index is 5.42. The molecule has 0 atom stereocenters. The minimum Gasteiger partial charge on any atom is -0.466 e. The Morgan fingerprint density at radius 2 is 2.00 bits per heavy atom. The zero-order valence-electron chi connectivity index (χ0n) is 9.07. The molecule has 0 radical (unpaired) electrons. The van der Waals surface area contributed by atoms with Crippen molar-refractivity contribution in [2.45, 2.75) is 46.4 Å². The number of nitrogens with one attached hydrogen (secondary N) is 1. The van der Waals surface area contributed by atoms with Crippen LogP contribution in [0, 0.1) is 0 Å². The van der Waals surface area contributed by atoms with Crippen molar-refractivity contribution in [3.63, 3.8) is 0 Å². The first-order valence-corrected chi connectivity index (χ1v) is 5.62. The van der Waals surface area contributed by atoms with Crippen molar-refractivity contribution in [3.8, 4) is 5.19 Å². The van der Waals surface area contributed by atoms with Gasteiger partial charge in [-0.15, -0.1) is 5.10 Å². The van der Waals surface area contributed by atoms with Gasteiger partial charge in [0.2, 0.25) is 0 Å². The van der Waals surface area contributed by atoms with Crippen molar-refractivity contribution in [2.75, 3.05) is 0 Å². The van der Waals surface area contributed by atoms with Crippen LogP contribution in [0.5, 0.6) is 5.19 Å². The van der Waals surface area contributed by atoms with Gasteiger partial charge in [0.05, 0.1) is 12.6 Å². The molecule has 1 rings (SSSR count).